The van der Waals surface area contributed by atoms with Crippen molar-refractivity contribution in [2.45, 2.75) is 32.5 Å². The smallest absolute Gasteiger partial charge is 0.405 e. The van der Waals surface area contributed by atoms with Crippen molar-refractivity contribution < 1.29 is 31.3 Å². The van der Waals surface area contributed by atoms with Crippen LogP contribution in [0.3, 0.4) is 0 Å². The van der Waals surface area contributed by atoms with Crippen LogP contribution in [0.1, 0.15) is 20.3 Å². The number of hydrogen-bond donors (Lipinski definition) is 0. The van der Waals surface area contributed by atoms with Gasteiger partial charge >= 0.3 is 7.12 Å². The molecule has 1 aliphatic rings. The molecule has 0 amide bonds. The van der Waals surface area contributed by atoms with Crippen LogP contribution in [0.5, 0.6) is 0 Å². The Labute approximate surface area is 106 Å². The van der Waals surface area contributed by atoms with Gasteiger partial charge in [0, 0.05) is 12.2 Å². The minimum absolute atomic E-state index is 0.413. The van der Waals surface area contributed by atoms with E-state index in [0.29, 0.717) is 6.42 Å². The predicted octanol–water partition coefficient (Wildman–Crippen LogP) is 2.29. The van der Waals surface area contributed by atoms with E-state index < -0.39 is 53.9 Å². The Balaban J connectivity index is 2.50. The molecule has 1 fully saturated rings. The highest BCUT2D eigenvalue weighted by molar-refractivity contribution is 6.61. The Morgan fingerprint density at radius 2 is 1.16 bits per heavy atom. The fourth-order valence-electron chi connectivity index (χ4n) is 2.00. The zero-order valence-electron chi connectivity index (χ0n) is 10.1. The highest BCUT2D eigenvalue weighted by Gasteiger charge is 2.40. The molecule has 0 radical (unpaired) electrons. The Bertz CT molecular complexity index is 471. The lowest BCUT2D eigenvalue weighted by Crippen LogP contribution is -2.50. The first-order valence-electron chi connectivity index (χ1n) is 5.65. The van der Waals surface area contributed by atoms with Crippen LogP contribution in [0.25, 0.3) is 0 Å². The Kier molecular flexibility index (Phi) is 3.82. The van der Waals surface area contributed by atoms with Crippen molar-refractivity contribution in [3.05, 3.63) is 29.1 Å². The molecule has 1 heterocycles. The van der Waals surface area contributed by atoms with Crippen LogP contribution in [0.4, 0.5) is 22.0 Å². The van der Waals surface area contributed by atoms with E-state index in [1.54, 1.807) is 13.8 Å². The molecule has 1 aromatic rings. The van der Waals surface area contributed by atoms with Gasteiger partial charge in [-0.2, -0.15) is 0 Å². The van der Waals surface area contributed by atoms with E-state index >= 15 is 0 Å². The number of benzene rings is 1. The summed E-state index contributed by atoms with van der Waals surface area (Å²) in [7, 11) is -1.61. The SMILES string of the molecule is CC1CC(C)OB(c2c(F)c(F)c(F)c(F)c2F)O1. The largest absolute Gasteiger partial charge is 0.500 e. The summed E-state index contributed by atoms with van der Waals surface area (Å²) < 4.78 is 76.4. The summed E-state index contributed by atoms with van der Waals surface area (Å²) in [4.78, 5) is 0. The van der Waals surface area contributed by atoms with Crippen LogP contribution in [-0.2, 0) is 9.31 Å². The Morgan fingerprint density at radius 1 is 0.789 bits per heavy atom. The summed E-state index contributed by atoms with van der Waals surface area (Å²) in [5, 5.41) is 0. The zero-order valence-corrected chi connectivity index (χ0v) is 10.1. The molecule has 8 heteroatoms. The average molecular weight is 280 g/mol. The maximum atomic E-state index is 13.6. The van der Waals surface area contributed by atoms with Crippen LogP contribution >= 0.6 is 0 Å². The van der Waals surface area contributed by atoms with Gasteiger partial charge in [0.2, 0.25) is 0 Å². The fraction of sp³-hybridized carbons (Fsp3) is 0.455. The highest BCUT2D eigenvalue weighted by atomic mass is 19.2. The summed E-state index contributed by atoms with van der Waals surface area (Å²) in [5.74, 6) is -10.1. The molecule has 0 saturated carbocycles. The summed E-state index contributed by atoms with van der Waals surface area (Å²) in [6, 6.07) is 0. The van der Waals surface area contributed by atoms with E-state index in [4.69, 9.17) is 9.31 Å². The van der Waals surface area contributed by atoms with Crippen molar-refractivity contribution in [3.8, 4) is 0 Å². The van der Waals surface area contributed by atoms with Gasteiger partial charge in [-0.05, 0) is 20.3 Å². The molecule has 104 valence electrons. The molecule has 0 N–H and O–H groups in total. The van der Waals surface area contributed by atoms with E-state index in [1.807, 2.05) is 0 Å². The summed E-state index contributed by atoms with van der Waals surface area (Å²) in [5.41, 5.74) is -1.09. The fourth-order valence-corrected chi connectivity index (χ4v) is 2.00. The van der Waals surface area contributed by atoms with Crippen LogP contribution in [0, 0.1) is 29.1 Å². The molecule has 0 aromatic heterocycles. The molecule has 2 atom stereocenters. The molecule has 1 aliphatic heterocycles. The van der Waals surface area contributed by atoms with Crippen molar-refractivity contribution >= 4 is 12.6 Å². The van der Waals surface area contributed by atoms with E-state index in [2.05, 4.69) is 0 Å². The molecule has 2 nitrogen and oxygen atoms in total. The van der Waals surface area contributed by atoms with Gasteiger partial charge in [-0.3, -0.25) is 0 Å². The quantitative estimate of drug-likeness (QED) is 0.340. The maximum absolute atomic E-state index is 13.6. The molecule has 0 spiro atoms. The van der Waals surface area contributed by atoms with Crippen molar-refractivity contribution in [1.82, 2.24) is 0 Å². The second-order valence-corrected chi connectivity index (χ2v) is 4.44. The predicted molar refractivity (Wildman–Crippen MR) is 57.3 cm³/mol. The standard InChI is InChI=1S/C11H10BF5O2/c1-4-3-5(2)19-12(18-4)6-7(13)9(15)11(17)10(16)8(6)14/h4-5H,3H2,1-2H3. The van der Waals surface area contributed by atoms with Crippen molar-refractivity contribution in [1.29, 1.82) is 0 Å². The second kappa shape index (κ2) is 5.09. The van der Waals surface area contributed by atoms with E-state index in [-0.39, 0.29) is 0 Å². The highest BCUT2D eigenvalue weighted by Crippen LogP contribution is 2.21. The summed E-state index contributed by atoms with van der Waals surface area (Å²) >= 11 is 0. The molecule has 2 rings (SSSR count). The van der Waals surface area contributed by atoms with Crippen LogP contribution < -0.4 is 5.46 Å². The molecule has 0 aliphatic carbocycles. The van der Waals surface area contributed by atoms with Crippen LogP contribution in [-0.4, -0.2) is 19.3 Å². The van der Waals surface area contributed by atoms with E-state index in [0.717, 1.165) is 0 Å². The Hall–Kier alpha value is -1.15. The lowest BCUT2D eigenvalue weighted by Gasteiger charge is -2.30. The van der Waals surface area contributed by atoms with Gasteiger partial charge in [0.1, 0.15) is 0 Å². The first kappa shape index (κ1) is 14.3. The second-order valence-electron chi connectivity index (χ2n) is 4.44. The third-order valence-electron chi connectivity index (χ3n) is 2.86. The maximum Gasteiger partial charge on any atom is 0.500 e. The van der Waals surface area contributed by atoms with Crippen molar-refractivity contribution in [2.75, 3.05) is 0 Å². The van der Waals surface area contributed by atoms with Gasteiger partial charge in [-0.15, -0.1) is 0 Å². The van der Waals surface area contributed by atoms with Crippen molar-refractivity contribution in [3.63, 3.8) is 0 Å². The monoisotopic (exact) mass is 280 g/mol. The van der Waals surface area contributed by atoms with Gasteiger partial charge in [0.05, 0.1) is 5.46 Å². The van der Waals surface area contributed by atoms with Gasteiger partial charge in [0.25, 0.3) is 0 Å². The van der Waals surface area contributed by atoms with Crippen LogP contribution in [0.15, 0.2) is 0 Å². The average Bonchev–Trinajstić information content (AvgIpc) is 2.33. The summed E-state index contributed by atoms with van der Waals surface area (Å²) in [6.07, 6.45) is -0.362. The lowest BCUT2D eigenvalue weighted by atomic mass is 9.75. The minimum Gasteiger partial charge on any atom is -0.405 e. The normalized spacial score (nSPS) is 23.8. The topological polar surface area (TPSA) is 18.5 Å². The number of hydrogen-bond acceptors (Lipinski definition) is 2. The first-order valence-corrected chi connectivity index (χ1v) is 5.65. The molecular formula is C11H10BF5O2. The van der Waals surface area contributed by atoms with Gasteiger partial charge in [-0.25, -0.2) is 22.0 Å². The first-order chi connectivity index (χ1) is 8.82. The Morgan fingerprint density at radius 3 is 1.58 bits per heavy atom. The van der Waals surface area contributed by atoms with E-state index in [1.165, 1.54) is 0 Å². The molecule has 1 saturated heterocycles. The van der Waals surface area contributed by atoms with E-state index in [9.17, 15) is 22.0 Å². The molecule has 19 heavy (non-hydrogen) atoms. The third-order valence-corrected chi connectivity index (χ3v) is 2.86. The van der Waals surface area contributed by atoms with Crippen LogP contribution in [0.2, 0.25) is 0 Å². The minimum atomic E-state index is -2.20. The van der Waals surface area contributed by atoms with Gasteiger partial charge in [0.15, 0.2) is 29.1 Å². The summed E-state index contributed by atoms with van der Waals surface area (Å²) in [6.45, 7) is 3.25. The lowest BCUT2D eigenvalue weighted by molar-refractivity contribution is 0.0395. The zero-order chi connectivity index (χ0) is 14.3. The van der Waals surface area contributed by atoms with Gasteiger partial charge < -0.3 is 9.31 Å². The number of halogens is 5. The van der Waals surface area contributed by atoms with Gasteiger partial charge in [-0.1, -0.05) is 0 Å². The third kappa shape index (κ3) is 2.46. The van der Waals surface area contributed by atoms with Crippen molar-refractivity contribution in [2.24, 2.45) is 0 Å². The molecule has 0 bridgehead atoms. The molecule has 1 aromatic carbocycles. The number of rotatable bonds is 1. The molecular weight excluding hydrogens is 270 g/mol. The molecule has 2 unspecified atom stereocenters.